The van der Waals surface area contributed by atoms with Gasteiger partial charge in [-0.15, -0.1) is 0 Å². The molecular formula is C29H44O6. The lowest BCUT2D eigenvalue weighted by molar-refractivity contribution is -0.183. The number of rotatable bonds is 6. The predicted octanol–water partition coefficient (Wildman–Crippen LogP) is 5.48. The third-order valence-corrected chi connectivity index (χ3v) is 10.6. The van der Waals surface area contributed by atoms with E-state index in [-0.39, 0.29) is 40.9 Å². The van der Waals surface area contributed by atoms with Crippen LogP contribution in [-0.2, 0) is 28.6 Å². The van der Waals surface area contributed by atoms with Crippen LogP contribution in [0.5, 0.6) is 0 Å². The van der Waals surface area contributed by atoms with Crippen molar-refractivity contribution in [2.45, 2.75) is 98.2 Å². The van der Waals surface area contributed by atoms with E-state index in [4.69, 9.17) is 14.2 Å². The first-order chi connectivity index (χ1) is 16.5. The molecule has 0 saturated heterocycles. The second kappa shape index (κ2) is 9.89. The Kier molecular flexibility index (Phi) is 7.41. The van der Waals surface area contributed by atoms with E-state index in [1.54, 1.807) is 0 Å². The zero-order valence-electron chi connectivity index (χ0n) is 22.4. The standard InChI is InChI=1S/C29H44O6/c1-17(7-12-27(32)33-6)23-10-11-24-22-9-8-20-15-21(34-18(2)30)13-14-28(20,4)25(22)16-26(29(23,24)5)35-19(3)31/h8-9,17,20-26H,7,10-16H2,1-6H3/t17-,20+,21+,22?,23?,24?,25?,26-,28-,29+/m0/s1. The van der Waals surface area contributed by atoms with Crippen LogP contribution in [0.25, 0.3) is 0 Å². The monoisotopic (exact) mass is 488 g/mol. The predicted molar refractivity (Wildman–Crippen MR) is 132 cm³/mol. The summed E-state index contributed by atoms with van der Waals surface area (Å²) < 4.78 is 16.6. The lowest BCUT2D eigenvalue weighted by atomic mass is 9.45. The quantitative estimate of drug-likeness (QED) is 0.280. The van der Waals surface area contributed by atoms with E-state index in [0.29, 0.717) is 41.9 Å². The van der Waals surface area contributed by atoms with Crippen molar-refractivity contribution in [3.05, 3.63) is 12.2 Å². The minimum Gasteiger partial charge on any atom is -0.469 e. The molecule has 0 aliphatic heterocycles. The van der Waals surface area contributed by atoms with Crippen molar-refractivity contribution >= 4 is 17.9 Å². The number of hydrogen-bond donors (Lipinski definition) is 0. The molecule has 6 nitrogen and oxygen atoms in total. The number of allylic oxidation sites excluding steroid dienone is 2. The maximum Gasteiger partial charge on any atom is 0.305 e. The van der Waals surface area contributed by atoms with Gasteiger partial charge in [0.25, 0.3) is 0 Å². The normalized spacial score (nSPS) is 42.7. The molecule has 4 unspecified atom stereocenters. The van der Waals surface area contributed by atoms with Gasteiger partial charge >= 0.3 is 17.9 Å². The average Bonchev–Trinajstić information content (AvgIpc) is 3.16. The first-order valence-corrected chi connectivity index (χ1v) is 13.6. The summed E-state index contributed by atoms with van der Waals surface area (Å²) in [7, 11) is 1.45. The van der Waals surface area contributed by atoms with Crippen molar-refractivity contribution in [3.63, 3.8) is 0 Å². The Morgan fingerprint density at radius 2 is 1.69 bits per heavy atom. The van der Waals surface area contributed by atoms with Gasteiger partial charge in [-0.1, -0.05) is 32.9 Å². The topological polar surface area (TPSA) is 78.9 Å². The van der Waals surface area contributed by atoms with Crippen molar-refractivity contribution in [3.8, 4) is 0 Å². The number of fused-ring (bicyclic) bond motifs is 5. The molecule has 0 heterocycles. The van der Waals surface area contributed by atoms with Crippen molar-refractivity contribution < 1.29 is 28.6 Å². The second-order valence-electron chi connectivity index (χ2n) is 12.3. The molecule has 6 heteroatoms. The zero-order valence-corrected chi connectivity index (χ0v) is 22.4. The molecule has 0 amide bonds. The van der Waals surface area contributed by atoms with E-state index >= 15 is 0 Å². The molecule has 4 rings (SSSR count). The SMILES string of the molecule is COC(=O)CC[C@H](C)C1CCC2C3C=C[C@@H]4C[C@H](OC(C)=O)CC[C@]4(C)C3C[C@H](OC(C)=O)[C@@]21C. The van der Waals surface area contributed by atoms with Crippen molar-refractivity contribution in [2.75, 3.05) is 7.11 Å². The summed E-state index contributed by atoms with van der Waals surface area (Å²) in [5, 5.41) is 0. The highest BCUT2D eigenvalue weighted by atomic mass is 16.5. The average molecular weight is 489 g/mol. The molecule has 196 valence electrons. The molecule has 0 aromatic carbocycles. The van der Waals surface area contributed by atoms with Crippen molar-refractivity contribution in [2.24, 2.45) is 46.3 Å². The van der Waals surface area contributed by atoms with Gasteiger partial charge < -0.3 is 14.2 Å². The summed E-state index contributed by atoms with van der Waals surface area (Å²) in [4.78, 5) is 35.7. The summed E-state index contributed by atoms with van der Waals surface area (Å²) in [6, 6.07) is 0. The van der Waals surface area contributed by atoms with Crippen LogP contribution in [0.4, 0.5) is 0 Å². The van der Waals surface area contributed by atoms with Gasteiger partial charge in [-0.25, -0.2) is 0 Å². The Morgan fingerprint density at radius 3 is 2.34 bits per heavy atom. The lowest BCUT2D eigenvalue weighted by Crippen LogP contribution is -2.58. The Balaban J connectivity index is 1.61. The summed E-state index contributed by atoms with van der Waals surface area (Å²) in [6.07, 6.45) is 11.9. The molecule has 3 saturated carbocycles. The van der Waals surface area contributed by atoms with Gasteiger partial charge in [-0.3, -0.25) is 14.4 Å². The van der Waals surface area contributed by atoms with Gasteiger partial charge in [0.05, 0.1) is 7.11 Å². The second-order valence-corrected chi connectivity index (χ2v) is 12.3. The smallest absolute Gasteiger partial charge is 0.305 e. The van der Waals surface area contributed by atoms with Gasteiger partial charge in [0.1, 0.15) is 12.2 Å². The summed E-state index contributed by atoms with van der Waals surface area (Å²) in [5.41, 5.74) is 0.00916. The highest BCUT2D eigenvalue weighted by Gasteiger charge is 2.64. The number of carbonyl (C=O) groups excluding carboxylic acids is 3. The van der Waals surface area contributed by atoms with Crippen LogP contribution in [0.2, 0.25) is 0 Å². The summed E-state index contributed by atoms with van der Waals surface area (Å²) in [5.74, 6) is 1.95. The Labute approximate surface area is 210 Å². The van der Waals surface area contributed by atoms with E-state index in [1.165, 1.54) is 21.0 Å². The fraction of sp³-hybridized carbons (Fsp3) is 0.828. The maximum absolute atomic E-state index is 12.3. The maximum atomic E-state index is 12.3. The number of methoxy groups -OCH3 is 1. The fourth-order valence-electron chi connectivity index (χ4n) is 8.85. The molecular weight excluding hydrogens is 444 g/mol. The number of ether oxygens (including phenoxy) is 3. The largest absolute Gasteiger partial charge is 0.469 e. The molecule has 4 aliphatic carbocycles. The first-order valence-electron chi connectivity index (χ1n) is 13.6. The number of esters is 3. The Bertz CT molecular complexity index is 865. The van der Waals surface area contributed by atoms with Crippen molar-refractivity contribution in [1.82, 2.24) is 0 Å². The first kappa shape index (κ1) is 26.2. The Morgan fingerprint density at radius 1 is 0.971 bits per heavy atom. The minimum absolute atomic E-state index is 0.00332. The number of hydrogen-bond acceptors (Lipinski definition) is 6. The molecule has 0 spiro atoms. The van der Waals surface area contributed by atoms with Crippen LogP contribution in [0.1, 0.15) is 86.0 Å². The van der Waals surface area contributed by atoms with Crippen molar-refractivity contribution in [1.29, 1.82) is 0 Å². The van der Waals surface area contributed by atoms with Crippen LogP contribution >= 0.6 is 0 Å². The molecule has 0 N–H and O–H groups in total. The molecule has 10 atom stereocenters. The Hall–Kier alpha value is -1.85. The van der Waals surface area contributed by atoms with Crippen LogP contribution < -0.4 is 0 Å². The molecule has 4 aliphatic rings. The van der Waals surface area contributed by atoms with E-state index in [1.807, 2.05) is 0 Å². The van der Waals surface area contributed by atoms with E-state index in [9.17, 15) is 14.4 Å². The van der Waals surface area contributed by atoms with Crippen LogP contribution in [0.3, 0.4) is 0 Å². The van der Waals surface area contributed by atoms with E-state index in [2.05, 4.69) is 32.9 Å². The van der Waals surface area contributed by atoms with E-state index < -0.39 is 0 Å². The van der Waals surface area contributed by atoms with Gasteiger partial charge in [-0.05, 0) is 85.9 Å². The molecule has 0 aromatic heterocycles. The van der Waals surface area contributed by atoms with Gasteiger partial charge in [-0.2, -0.15) is 0 Å². The molecule has 35 heavy (non-hydrogen) atoms. The van der Waals surface area contributed by atoms with Crippen LogP contribution in [-0.4, -0.2) is 37.2 Å². The highest BCUT2D eigenvalue weighted by Crippen LogP contribution is 2.67. The number of carbonyl (C=O) groups is 3. The van der Waals surface area contributed by atoms with Gasteiger partial charge in [0.2, 0.25) is 0 Å². The van der Waals surface area contributed by atoms with Crippen LogP contribution in [0.15, 0.2) is 12.2 Å². The molecule has 3 fully saturated rings. The fourth-order valence-corrected chi connectivity index (χ4v) is 8.85. The molecule has 0 radical (unpaired) electrons. The van der Waals surface area contributed by atoms with Gasteiger partial charge in [0, 0.05) is 25.7 Å². The van der Waals surface area contributed by atoms with Crippen LogP contribution in [0, 0.1) is 46.3 Å². The molecule has 0 bridgehead atoms. The minimum atomic E-state index is -0.201. The third kappa shape index (κ3) is 4.67. The summed E-state index contributed by atoms with van der Waals surface area (Å²) in [6.45, 7) is 10.1. The highest BCUT2D eigenvalue weighted by molar-refractivity contribution is 5.69. The third-order valence-electron chi connectivity index (χ3n) is 10.6. The van der Waals surface area contributed by atoms with Gasteiger partial charge in [0.15, 0.2) is 0 Å². The van der Waals surface area contributed by atoms with E-state index in [0.717, 1.165) is 44.9 Å². The zero-order chi connectivity index (χ0) is 25.5. The summed E-state index contributed by atoms with van der Waals surface area (Å²) >= 11 is 0. The lowest BCUT2D eigenvalue weighted by Gasteiger charge is -2.61. The molecule has 0 aromatic rings.